The van der Waals surface area contributed by atoms with Gasteiger partial charge in [0.2, 0.25) is 0 Å². The van der Waals surface area contributed by atoms with Gasteiger partial charge in [0.15, 0.2) is 5.75 Å². The second kappa shape index (κ2) is 3.33. The molecule has 0 amide bonds. The Morgan fingerprint density at radius 1 is 1.31 bits per heavy atom. The second-order valence-corrected chi connectivity index (χ2v) is 2.67. The summed E-state index contributed by atoms with van der Waals surface area (Å²) in [5.41, 5.74) is 5.07. The molecule has 1 aromatic carbocycles. The minimum Gasteiger partial charge on any atom is -0.404 e. The summed E-state index contributed by atoms with van der Waals surface area (Å²) in [7, 11) is 0. The first kappa shape index (κ1) is 9.98. The van der Waals surface area contributed by atoms with Crippen LogP contribution in [0, 0.1) is 0 Å². The van der Waals surface area contributed by atoms with Crippen molar-refractivity contribution < 1.29 is 17.9 Å². The molecule has 0 aliphatic rings. The minimum atomic E-state index is -4.73. The van der Waals surface area contributed by atoms with Gasteiger partial charge in [-0.25, -0.2) is 0 Å². The highest BCUT2D eigenvalue weighted by Crippen LogP contribution is 2.29. The van der Waals surface area contributed by atoms with Gasteiger partial charge in [0.25, 0.3) is 0 Å². The highest BCUT2D eigenvalue weighted by molar-refractivity contribution is 6.30. The number of hydrogen-bond acceptors (Lipinski definition) is 2. The Kier molecular flexibility index (Phi) is 2.56. The second-order valence-electron chi connectivity index (χ2n) is 2.23. The summed E-state index contributed by atoms with van der Waals surface area (Å²) >= 11 is 5.47. The van der Waals surface area contributed by atoms with Gasteiger partial charge in [-0.05, 0) is 18.2 Å². The molecule has 0 heterocycles. The van der Waals surface area contributed by atoms with E-state index in [9.17, 15) is 13.2 Å². The van der Waals surface area contributed by atoms with E-state index in [1.165, 1.54) is 12.1 Å². The topological polar surface area (TPSA) is 35.2 Å². The van der Waals surface area contributed by atoms with Gasteiger partial charge in [-0.15, -0.1) is 13.2 Å². The molecule has 13 heavy (non-hydrogen) atoms. The van der Waals surface area contributed by atoms with Crippen molar-refractivity contribution in [3.8, 4) is 5.75 Å². The van der Waals surface area contributed by atoms with Crippen LogP contribution in [0.15, 0.2) is 18.2 Å². The molecule has 0 radical (unpaired) electrons. The smallest absolute Gasteiger partial charge is 0.404 e. The van der Waals surface area contributed by atoms with Crippen molar-refractivity contribution in [2.75, 3.05) is 5.73 Å². The Morgan fingerprint density at radius 2 is 1.92 bits per heavy atom. The Bertz CT molecular complexity index is 313. The van der Waals surface area contributed by atoms with Crippen molar-refractivity contribution in [1.29, 1.82) is 0 Å². The average Bonchev–Trinajstić information content (AvgIpc) is 1.93. The number of rotatable bonds is 1. The van der Waals surface area contributed by atoms with Crippen LogP contribution in [0.3, 0.4) is 0 Å². The third kappa shape index (κ3) is 3.02. The third-order valence-electron chi connectivity index (χ3n) is 1.20. The maximum absolute atomic E-state index is 11.7. The van der Waals surface area contributed by atoms with Gasteiger partial charge in [-0.3, -0.25) is 0 Å². The molecule has 6 heteroatoms. The van der Waals surface area contributed by atoms with E-state index < -0.39 is 12.1 Å². The molecule has 0 aliphatic heterocycles. The predicted octanol–water partition coefficient (Wildman–Crippen LogP) is 2.82. The van der Waals surface area contributed by atoms with Crippen molar-refractivity contribution in [2.24, 2.45) is 0 Å². The lowest BCUT2D eigenvalue weighted by molar-refractivity contribution is -0.274. The fourth-order valence-corrected chi connectivity index (χ4v) is 0.917. The average molecular weight is 212 g/mol. The summed E-state index contributed by atoms with van der Waals surface area (Å²) in [6.45, 7) is 0. The third-order valence-corrected chi connectivity index (χ3v) is 1.43. The van der Waals surface area contributed by atoms with Crippen LogP contribution in [-0.2, 0) is 0 Å². The van der Waals surface area contributed by atoms with Crippen LogP contribution >= 0.6 is 11.6 Å². The minimum absolute atomic E-state index is 0.148. The Labute approximate surface area is 77.0 Å². The van der Waals surface area contributed by atoms with Crippen molar-refractivity contribution in [3.05, 3.63) is 23.2 Å². The SMILES string of the molecule is Nc1cc(Cl)ccc1OC(F)(F)F. The Balaban J connectivity index is 2.90. The van der Waals surface area contributed by atoms with E-state index in [0.717, 1.165) is 6.07 Å². The number of nitrogens with two attached hydrogens (primary N) is 1. The van der Waals surface area contributed by atoms with Crippen molar-refractivity contribution in [2.45, 2.75) is 6.36 Å². The van der Waals surface area contributed by atoms with E-state index in [1.54, 1.807) is 0 Å². The zero-order valence-corrected chi connectivity index (χ0v) is 6.99. The monoisotopic (exact) mass is 211 g/mol. The highest BCUT2D eigenvalue weighted by atomic mass is 35.5. The van der Waals surface area contributed by atoms with Crippen LogP contribution in [-0.4, -0.2) is 6.36 Å². The van der Waals surface area contributed by atoms with E-state index in [2.05, 4.69) is 4.74 Å². The van der Waals surface area contributed by atoms with Crippen LogP contribution in [0.4, 0.5) is 18.9 Å². The molecule has 0 aromatic heterocycles. The van der Waals surface area contributed by atoms with Crippen molar-refractivity contribution in [1.82, 2.24) is 0 Å². The first-order valence-corrected chi connectivity index (χ1v) is 3.57. The quantitative estimate of drug-likeness (QED) is 0.725. The summed E-state index contributed by atoms with van der Waals surface area (Å²) in [5, 5.41) is 0.257. The van der Waals surface area contributed by atoms with Gasteiger partial charge in [0.05, 0.1) is 5.69 Å². The zero-order chi connectivity index (χ0) is 10.1. The Hall–Kier alpha value is -1.10. The fourth-order valence-electron chi connectivity index (χ4n) is 0.737. The molecule has 1 aromatic rings. The van der Waals surface area contributed by atoms with Gasteiger partial charge in [0, 0.05) is 5.02 Å². The van der Waals surface area contributed by atoms with Crippen LogP contribution in [0.2, 0.25) is 5.02 Å². The molecule has 1 rings (SSSR count). The lowest BCUT2D eigenvalue weighted by Gasteiger charge is -2.10. The van der Waals surface area contributed by atoms with Gasteiger partial charge in [0.1, 0.15) is 0 Å². The maximum atomic E-state index is 11.7. The predicted molar refractivity (Wildman–Crippen MR) is 42.5 cm³/mol. The van der Waals surface area contributed by atoms with Crippen LogP contribution in [0.5, 0.6) is 5.75 Å². The highest BCUT2D eigenvalue weighted by Gasteiger charge is 2.31. The van der Waals surface area contributed by atoms with E-state index in [-0.39, 0.29) is 10.7 Å². The van der Waals surface area contributed by atoms with E-state index in [0.29, 0.717) is 0 Å². The molecule has 0 aliphatic carbocycles. The fraction of sp³-hybridized carbons (Fsp3) is 0.143. The summed E-state index contributed by atoms with van der Waals surface area (Å²) < 4.78 is 38.7. The number of ether oxygens (including phenoxy) is 1. The molecule has 0 saturated carbocycles. The summed E-state index contributed by atoms with van der Waals surface area (Å²) in [6, 6.07) is 3.51. The molecular weight excluding hydrogens is 207 g/mol. The maximum Gasteiger partial charge on any atom is 0.573 e. The molecule has 0 fully saturated rings. The standard InChI is InChI=1S/C7H5ClF3NO/c8-4-1-2-6(5(12)3-4)13-7(9,10)11/h1-3H,12H2. The molecule has 0 atom stereocenters. The lowest BCUT2D eigenvalue weighted by Crippen LogP contribution is -2.17. The van der Waals surface area contributed by atoms with E-state index >= 15 is 0 Å². The first-order chi connectivity index (χ1) is 5.88. The zero-order valence-electron chi connectivity index (χ0n) is 6.23. The number of alkyl halides is 3. The van der Waals surface area contributed by atoms with Gasteiger partial charge in [-0.1, -0.05) is 11.6 Å². The number of hydrogen-bond donors (Lipinski definition) is 1. The molecule has 72 valence electrons. The molecule has 0 saturated heterocycles. The Morgan fingerprint density at radius 3 is 2.38 bits per heavy atom. The summed E-state index contributed by atoms with van der Waals surface area (Å²) in [4.78, 5) is 0. The van der Waals surface area contributed by atoms with Crippen molar-refractivity contribution in [3.63, 3.8) is 0 Å². The summed E-state index contributed by atoms with van der Waals surface area (Å²) in [6.07, 6.45) is -4.73. The molecule has 2 N–H and O–H groups in total. The number of anilines is 1. The molecule has 0 bridgehead atoms. The van der Waals surface area contributed by atoms with E-state index in [1.807, 2.05) is 0 Å². The largest absolute Gasteiger partial charge is 0.573 e. The molecule has 0 spiro atoms. The molecular formula is C7H5ClF3NO. The molecule has 0 unspecified atom stereocenters. The van der Waals surface area contributed by atoms with Crippen LogP contribution in [0.1, 0.15) is 0 Å². The van der Waals surface area contributed by atoms with Gasteiger partial charge >= 0.3 is 6.36 Å². The normalized spacial score (nSPS) is 11.4. The van der Waals surface area contributed by atoms with Gasteiger partial charge in [-0.2, -0.15) is 0 Å². The number of benzene rings is 1. The lowest BCUT2D eigenvalue weighted by atomic mass is 10.3. The van der Waals surface area contributed by atoms with Crippen LogP contribution in [0.25, 0.3) is 0 Å². The van der Waals surface area contributed by atoms with Crippen LogP contribution < -0.4 is 10.5 Å². The first-order valence-electron chi connectivity index (χ1n) is 3.19. The van der Waals surface area contributed by atoms with E-state index in [4.69, 9.17) is 17.3 Å². The molecule has 2 nitrogen and oxygen atoms in total. The summed E-state index contributed by atoms with van der Waals surface area (Å²) in [5.74, 6) is -0.447. The van der Waals surface area contributed by atoms with Gasteiger partial charge < -0.3 is 10.5 Å². The number of nitrogen functional groups attached to an aromatic ring is 1. The van der Waals surface area contributed by atoms with Crippen molar-refractivity contribution >= 4 is 17.3 Å². The number of halogens is 4.